The molecule has 0 saturated heterocycles. The second-order valence-corrected chi connectivity index (χ2v) is 7.47. The number of benzene rings is 1. The number of carbonyl (C=O) groups is 2. The molecule has 0 fully saturated rings. The van der Waals surface area contributed by atoms with E-state index in [1.807, 2.05) is 17.5 Å². The minimum absolute atomic E-state index is 0.0531. The largest absolute Gasteiger partial charge is 0.325 e. The van der Waals surface area contributed by atoms with Gasteiger partial charge in [-0.05, 0) is 37.4 Å². The van der Waals surface area contributed by atoms with Crippen LogP contribution in [0.3, 0.4) is 0 Å². The molecule has 0 atom stereocenters. The van der Waals surface area contributed by atoms with Gasteiger partial charge in [-0.3, -0.25) is 14.4 Å². The van der Waals surface area contributed by atoms with E-state index in [4.69, 9.17) is 0 Å². The average Bonchev–Trinajstić information content (AvgIpc) is 3.35. The van der Waals surface area contributed by atoms with Crippen LogP contribution in [0.1, 0.15) is 23.0 Å². The molecule has 9 heteroatoms. The molecule has 0 aliphatic rings. The zero-order valence-corrected chi connectivity index (χ0v) is 16.6. The molecular weight excluding hydrogens is 390 g/mol. The van der Waals surface area contributed by atoms with Crippen LogP contribution in [0.25, 0.3) is 16.5 Å². The normalized spacial score (nSPS) is 11.0. The topological polar surface area (TPSA) is 98.4 Å². The monoisotopic (exact) mass is 407 g/mol. The van der Waals surface area contributed by atoms with E-state index in [2.05, 4.69) is 15.4 Å². The van der Waals surface area contributed by atoms with Crippen LogP contribution >= 0.6 is 11.3 Å². The predicted molar refractivity (Wildman–Crippen MR) is 110 cm³/mol. The van der Waals surface area contributed by atoms with Gasteiger partial charge in [-0.25, -0.2) is 0 Å². The summed E-state index contributed by atoms with van der Waals surface area (Å²) in [6, 6.07) is 11.9. The van der Waals surface area contributed by atoms with Crippen LogP contribution in [-0.4, -0.2) is 30.9 Å². The van der Waals surface area contributed by atoms with E-state index in [1.54, 1.807) is 35.8 Å². The lowest BCUT2D eigenvalue weighted by Crippen LogP contribution is -2.25. The Hall–Kier alpha value is -3.59. The molecule has 1 amide bonds. The minimum atomic E-state index is -0.307. The number of hydrogen-bond acceptors (Lipinski definition) is 6. The molecule has 0 spiro atoms. The summed E-state index contributed by atoms with van der Waals surface area (Å²) in [7, 11) is 0. The first-order valence-corrected chi connectivity index (χ1v) is 9.72. The summed E-state index contributed by atoms with van der Waals surface area (Å²) < 4.78 is 2.83. The quantitative estimate of drug-likeness (QED) is 0.513. The van der Waals surface area contributed by atoms with Gasteiger partial charge in [0, 0.05) is 23.0 Å². The third kappa shape index (κ3) is 3.72. The maximum absolute atomic E-state index is 12.6. The average molecular weight is 407 g/mol. The van der Waals surface area contributed by atoms with Gasteiger partial charge in [0.15, 0.2) is 11.6 Å². The Kier molecular flexibility index (Phi) is 4.81. The summed E-state index contributed by atoms with van der Waals surface area (Å²) in [6.07, 6.45) is 0. The molecule has 0 saturated carbocycles. The lowest BCUT2D eigenvalue weighted by molar-refractivity contribution is -0.116. The molecule has 8 nitrogen and oxygen atoms in total. The van der Waals surface area contributed by atoms with Crippen molar-refractivity contribution in [3.63, 3.8) is 0 Å². The van der Waals surface area contributed by atoms with E-state index in [0.29, 0.717) is 28.5 Å². The Morgan fingerprint density at radius 2 is 2.00 bits per heavy atom. The van der Waals surface area contributed by atoms with E-state index in [1.165, 1.54) is 28.8 Å². The smallest absolute Gasteiger partial charge is 0.275 e. The van der Waals surface area contributed by atoms with Crippen molar-refractivity contribution in [3.8, 4) is 10.7 Å². The fourth-order valence-electron chi connectivity index (χ4n) is 2.97. The standard InChI is InChI=1S/C20H17N5O3S/c1-12-9-18(28)25-20(22-19(23-25)16-7-4-8-29-16)24(12)11-17(27)21-15-6-3-5-14(10-15)13(2)26/h3-10H,11H2,1-2H3,(H,21,27). The fraction of sp³-hybridized carbons (Fsp3) is 0.150. The highest BCUT2D eigenvalue weighted by molar-refractivity contribution is 7.13. The number of nitrogens with zero attached hydrogens (tertiary/aromatic N) is 4. The first-order valence-electron chi connectivity index (χ1n) is 8.84. The van der Waals surface area contributed by atoms with Crippen LogP contribution in [0.4, 0.5) is 5.69 Å². The van der Waals surface area contributed by atoms with E-state index in [9.17, 15) is 14.4 Å². The van der Waals surface area contributed by atoms with Crippen molar-refractivity contribution in [1.82, 2.24) is 19.2 Å². The molecule has 29 heavy (non-hydrogen) atoms. The first kappa shape index (κ1) is 18.8. The number of amides is 1. The van der Waals surface area contributed by atoms with Crippen molar-refractivity contribution in [2.75, 3.05) is 5.32 Å². The summed E-state index contributed by atoms with van der Waals surface area (Å²) in [5, 5.41) is 8.98. The molecule has 0 radical (unpaired) electrons. The van der Waals surface area contributed by atoms with Gasteiger partial charge < -0.3 is 9.88 Å². The number of ketones is 1. The lowest BCUT2D eigenvalue weighted by atomic mass is 10.1. The number of hydrogen-bond donors (Lipinski definition) is 1. The van der Waals surface area contributed by atoms with Gasteiger partial charge in [-0.1, -0.05) is 18.2 Å². The Bertz CT molecular complexity index is 1290. The van der Waals surface area contributed by atoms with Gasteiger partial charge in [0.05, 0.1) is 4.88 Å². The van der Waals surface area contributed by atoms with Gasteiger partial charge in [0.1, 0.15) is 6.54 Å². The van der Waals surface area contributed by atoms with Crippen molar-refractivity contribution in [2.24, 2.45) is 0 Å². The Balaban J connectivity index is 1.67. The number of anilines is 1. The summed E-state index contributed by atoms with van der Waals surface area (Å²) in [5.74, 6) is 0.348. The van der Waals surface area contributed by atoms with Gasteiger partial charge in [0.25, 0.3) is 5.56 Å². The molecule has 4 rings (SSSR count). The highest BCUT2D eigenvalue weighted by Gasteiger charge is 2.16. The second kappa shape index (κ2) is 7.44. The Morgan fingerprint density at radius 3 is 2.72 bits per heavy atom. The maximum Gasteiger partial charge on any atom is 0.275 e. The van der Waals surface area contributed by atoms with E-state index in [0.717, 1.165) is 4.88 Å². The van der Waals surface area contributed by atoms with Crippen LogP contribution in [0.5, 0.6) is 0 Å². The van der Waals surface area contributed by atoms with Crippen molar-refractivity contribution >= 4 is 34.5 Å². The maximum atomic E-state index is 12.6. The molecule has 3 heterocycles. The molecule has 3 aromatic heterocycles. The zero-order valence-electron chi connectivity index (χ0n) is 15.7. The van der Waals surface area contributed by atoms with Crippen LogP contribution in [0.2, 0.25) is 0 Å². The number of Topliss-reactive ketones (excluding diaryl/α,β-unsaturated/α-hetero) is 1. The van der Waals surface area contributed by atoms with Crippen LogP contribution in [0.15, 0.2) is 52.6 Å². The number of aryl methyl sites for hydroxylation is 1. The number of rotatable bonds is 5. The highest BCUT2D eigenvalue weighted by Crippen LogP contribution is 2.21. The summed E-state index contributed by atoms with van der Waals surface area (Å²) >= 11 is 1.47. The molecule has 1 aromatic carbocycles. The van der Waals surface area contributed by atoms with E-state index in [-0.39, 0.29) is 23.8 Å². The number of fused-ring (bicyclic) bond motifs is 1. The fourth-order valence-corrected chi connectivity index (χ4v) is 3.62. The first-order chi connectivity index (χ1) is 13.9. The predicted octanol–water partition coefficient (Wildman–Crippen LogP) is 2.77. The zero-order chi connectivity index (χ0) is 20.5. The lowest BCUT2D eigenvalue weighted by Gasteiger charge is -2.12. The van der Waals surface area contributed by atoms with Gasteiger partial charge in [0.2, 0.25) is 11.7 Å². The summed E-state index contributed by atoms with van der Waals surface area (Å²) in [5.41, 5.74) is 1.33. The molecule has 146 valence electrons. The number of carbonyl (C=O) groups excluding carboxylic acids is 2. The molecule has 0 unspecified atom stereocenters. The second-order valence-electron chi connectivity index (χ2n) is 6.52. The van der Waals surface area contributed by atoms with Gasteiger partial charge >= 0.3 is 0 Å². The number of aromatic nitrogens is 4. The van der Waals surface area contributed by atoms with Crippen molar-refractivity contribution in [2.45, 2.75) is 20.4 Å². The number of nitrogens with one attached hydrogen (secondary N) is 1. The summed E-state index contributed by atoms with van der Waals surface area (Å²) in [6.45, 7) is 3.16. The molecule has 0 aliphatic heterocycles. The summed E-state index contributed by atoms with van der Waals surface area (Å²) in [4.78, 5) is 41.8. The molecular formula is C20H17N5O3S. The molecule has 1 N–H and O–H groups in total. The van der Waals surface area contributed by atoms with Gasteiger partial charge in [-0.2, -0.15) is 9.50 Å². The Labute approximate surface area is 169 Å². The third-order valence-electron chi connectivity index (χ3n) is 4.39. The molecule has 0 aliphatic carbocycles. The highest BCUT2D eigenvalue weighted by atomic mass is 32.1. The van der Waals surface area contributed by atoms with E-state index >= 15 is 0 Å². The molecule has 4 aromatic rings. The van der Waals surface area contributed by atoms with Crippen LogP contribution in [-0.2, 0) is 11.3 Å². The van der Waals surface area contributed by atoms with Crippen molar-refractivity contribution in [3.05, 3.63) is 69.5 Å². The molecule has 0 bridgehead atoms. The van der Waals surface area contributed by atoms with Gasteiger partial charge in [-0.15, -0.1) is 16.4 Å². The number of thiophene rings is 1. The van der Waals surface area contributed by atoms with E-state index < -0.39 is 0 Å². The van der Waals surface area contributed by atoms with Crippen LogP contribution < -0.4 is 10.9 Å². The van der Waals surface area contributed by atoms with Crippen molar-refractivity contribution in [1.29, 1.82) is 0 Å². The minimum Gasteiger partial charge on any atom is -0.325 e. The van der Waals surface area contributed by atoms with Crippen molar-refractivity contribution < 1.29 is 9.59 Å². The SMILES string of the molecule is CC(=O)c1cccc(NC(=O)Cn2c(C)cc(=O)n3nc(-c4cccs4)nc23)c1. The third-order valence-corrected chi connectivity index (χ3v) is 5.26. The van der Waals surface area contributed by atoms with Crippen LogP contribution in [0, 0.1) is 6.92 Å². The Morgan fingerprint density at radius 1 is 1.17 bits per heavy atom.